The minimum atomic E-state index is -0.296. The summed E-state index contributed by atoms with van der Waals surface area (Å²) >= 11 is 1.35. The van der Waals surface area contributed by atoms with Crippen molar-refractivity contribution in [3.63, 3.8) is 0 Å². The lowest BCUT2D eigenvalue weighted by atomic mass is 10.1. The van der Waals surface area contributed by atoms with Crippen LogP contribution < -0.4 is 14.8 Å². The Bertz CT molecular complexity index is 1520. The third-order valence-corrected chi connectivity index (χ3v) is 6.22. The van der Waals surface area contributed by atoms with Crippen molar-refractivity contribution in [1.29, 1.82) is 0 Å². The second kappa shape index (κ2) is 7.99. The number of rotatable bonds is 5. The van der Waals surface area contributed by atoms with E-state index in [9.17, 15) is 4.79 Å². The fraction of sp³-hybridized carbons (Fsp3) is 0.167. The summed E-state index contributed by atoms with van der Waals surface area (Å²) in [4.78, 5) is 22.7. The van der Waals surface area contributed by atoms with Gasteiger partial charge in [-0.25, -0.2) is 14.6 Å². The van der Waals surface area contributed by atoms with Crippen molar-refractivity contribution in [2.75, 3.05) is 12.1 Å². The van der Waals surface area contributed by atoms with Crippen molar-refractivity contribution >= 4 is 33.4 Å². The van der Waals surface area contributed by atoms with Crippen LogP contribution in [0.5, 0.6) is 11.5 Å². The van der Waals surface area contributed by atoms with E-state index in [1.54, 1.807) is 29.3 Å². The molecule has 0 radical (unpaired) electrons. The van der Waals surface area contributed by atoms with Gasteiger partial charge in [-0.3, -0.25) is 10.1 Å². The van der Waals surface area contributed by atoms with Crippen molar-refractivity contribution < 1.29 is 18.7 Å². The number of furan rings is 1. The van der Waals surface area contributed by atoms with E-state index in [1.165, 1.54) is 11.3 Å². The van der Waals surface area contributed by atoms with Gasteiger partial charge in [-0.2, -0.15) is 5.10 Å². The number of hydrogen-bond acceptors (Lipinski definition) is 8. The molecule has 1 aliphatic rings. The van der Waals surface area contributed by atoms with E-state index in [0.717, 1.165) is 11.3 Å². The van der Waals surface area contributed by atoms with Gasteiger partial charge in [0, 0.05) is 17.0 Å². The van der Waals surface area contributed by atoms with Crippen molar-refractivity contribution in [1.82, 2.24) is 19.7 Å². The van der Waals surface area contributed by atoms with E-state index in [-0.39, 0.29) is 18.7 Å². The zero-order valence-corrected chi connectivity index (χ0v) is 19.1. The predicted octanol–water partition coefficient (Wildman–Crippen LogP) is 5.38. The molecule has 0 saturated carbocycles. The molecule has 1 amide bonds. The fourth-order valence-corrected chi connectivity index (χ4v) is 4.53. The summed E-state index contributed by atoms with van der Waals surface area (Å²) in [6.07, 6.45) is 3.25. The van der Waals surface area contributed by atoms with Crippen LogP contribution in [-0.2, 0) is 0 Å². The largest absolute Gasteiger partial charge is 0.463 e. The first kappa shape index (κ1) is 20.4. The summed E-state index contributed by atoms with van der Waals surface area (Å²) in [5.74, 6) is 1.67. The summed E-state index contributed by atoms with van der Waals surface area (Å²) < 4.78 is 18.1. The van der Waals surface area contributed by atoms with E-state index in [2.05, 4.69) is 15.4 Å². The van der Waals surface area contributed by atoms with Gasteiger partial charge in [0.2, 0.25) is 6.79 Å². The van der Waals surface area contributed by atoms with Gasteiger partial charge >= 0.3 is 0 Å². The van der Waals surface area contributed by atoms with Crippen LogP contribution in [0.1, 0.15) is 30.2 Å². The summed E-state index contributed by atoms with van der Waals surface area (Å²) in [5.41, 5.74) is 3.25. The molecule has 34 heavy (non-hydrogen) atoms. The lowest BCUT2D eigenvalue weighted by molar-refractivity contribution is 0.102. The standard InChI is InChI=1S/C24H19N5O4S/c1-13(2)29-22-16(10-25-29)15(9-17(26-22)19-4-3-7-31-19)23(30)28-24-27-18(11-34-24)14-5-6-20-21(8-14)33-12-32-20/h3-11,13H,12H2,1-2H3,(H,27,28,30). The molecule has 1 aliphatic heterocycles. The minimum Gasteiger partial charge on any atom is -0.463 e. The summed E-state index contributed by atoms with van der Waals surface area (Å²) in [7, 11) is 0. The lowest BCUT2D eigenvalue weighted by Gasteiger charge is -2.09. The molecule has 0 atom stereocenters. The van der Waals surface area contributed by atoms with Crippen molar-refractivity contribution in [3.8, 4) is 34.2 Å². The van der Waals surface area contributed by atoms with Gasteiger partial charge in [-0.05, 0) is 50.2 Å². The average molecular weight is 474 g/mol. The van der Waals surface area contributed by atoms with Gasteiger partial charge in [0.1, 0.15) is 5.69 Å². The number of fused-ring (bicyclic) bond motifs is 2. The Labute approximate surface area is 198 Å². The Kier molecular flexibility index (Phi) is 4.80. The van der Waals surface area contributed by atoms with Crippen molar-refractivity contribution in [2.45, 2.75) is 19.9 Å². The molecular weight excluding hydrogens is 454 g/mol. The normalized spacial score (nSPS) is 12.6. The van der Waals surface area contributed by atoms with Gasteiger partial charge in [0.15, 0.2) is 28.0 Å². The summed E-state index contributed by atoms with van der Waals surface area (Å²) in [6.45, 7) is 4.24. The molecule has 0 saturated heterocycles. The highest BCUT2D eigenvalue weighted by Gasteiger charge is 2.21. The first-order valence-corrected chi connectivity index (χ1v) is 11.5. The average Bonchev–Trinajstić information content (AvgIpc) is 3.64. The van der Waals surface area contributed by atoms with Gasteiger partial charge in [-0.1, -0.05) is 0 Å². The molecule has 6 rings (SSSR count). The van der Waals surface area contributed by atoms with E-state index < -0.39 is 0 Å². The van der Waals surface area contributed by atoms with Crippen LogP contribution in [0.25, 0.3) is 33.7 Å². The van der Waals surface area contributed by atoms with Crippen LogP contribution in [0.2, 0.25) is 0 Å². The quantitative estimate of drug-likeness (QED) is 0.366. The Balaban J connectivity index is 1.34. The minimum absolute atomic E-state index is 0.0796. The van der Waals surface area contributed by atoms with Crippen LogP contribution in [0.15, 0.2) is 58.7 Å². The number of ether oxygens (including phenoxy) is 2. The van der Waals surface area contributed by atoms with Crippen LogP contribution in [0, 0.1) is 0 Å². The molecule has 0 fully saturated rings. The number of thiazole rings is 1. The van der Waals surface area contributed by atoms with Crippen LogP contribution >= 0.6 is 11.3 Å². The van der Waals surface area contributed by atoms with E-state index in [4.69, 9.17) is 18.9 Å². The zero-order chi connectivity index (χ0) is 23.2. The van der Waals surface area contributed by atoms with E-state index in [0.29, 0.717) is 44.7 Å². The molecule has 9 nitrogen and oxygen atoms in total. The molecule has 170 valence electrons. The number of hydrogen-bond donors (Lipinski definition) is 1. The SMILES string of the molecule is CC(C)n1ncc2c(C(=O)Nc3nc(-c4ccc5c(c4)OCO5)cs3)cc(-c3ccco3)nc21. The second-order valence-electron chi connectivity index (χ2n) is 8.01. The highest BCUT2D eigenvalue weighted by Crippen LogP contribution is 2.37. The molecule has 1 N–H and O–H groups in total. The van der Waals surface area contributed by atoms with Crippen LogP contribution in [-0.4, -0.2) is 32.4 Å². The molecule has 10 heteroatoms. The van der Waals surface area contributed by atoms with E-state index >= 15 is 0 Å². The zero-order valence-electron chi connectivity index (χ0n) is 18.3. The number of carbonyl (C=O) groups excluding carboxylic acids is 1. The fourth-order valence-electron chi connectivity index (χ4n) is 3.82. The second-order valence-corrected chi connectivity index (χ2v) is 8.87. The van der Waals surface area contributed by atoms with Gasteiger partial charge < -0.3 is 13.9 Å². The molecule has 0 aliphatic carbocycles. The predicted molar refractivity (Wildman–Crippen MR) is 127 cm³/mol. The number of nitrogens with one attached hydrogen (secondary N) is 1. The number of carbonyl (C=O) groups is 1. The van der Waals surface area contributed by atoms with Gasteiger partial charge in [0.05, 0.1) is 29.1 Å². The number of pyridine rings is 1. The first-order valence-electron chi connectivity index (χ1n) is 10.7. The highest BCUT2D eigenvalue weighted by molar-refractivity contribution is 7.14. The van der Waals surface area contributed by atoms with Crippen LogP contribution in [0.3, 0.4) is 0 Å². The number of anilines is 1. The highest BCUT2D eigenvalue weighted by atomic mass is 32.1. The number of benzene rings is 1. The Morgan fingerprint density at radius 2 is 2.00 bits per heavy atom. The molecule has 5 aromatic rings. The molecule has 0 spiro atoms. The third-order valence-electron chi connectivity index (χ3n) is 5.47. The maximum atomic E-state index is 13.4. The Hall–Kier alpha value is -4.18. The number of amides is 1. The smallest absolute Gasteiger partial charge is 0.258 e. The monoisotopic (exact) mass is 473 g/mol. The molecular formula is C24H19N5O4S. The Morgan fingerprint density at radius 3 is 2.82 bits per heavy atom. The maximum Gasteiger partial charge on any atom is 0.258 e. The summed E-state index contributed by atoms with van der Waals surface area (Å²) in [6, 6.07) is 11.0. The number of nitrogens with zero attached hydrogens (tertiary/aromatic N) is 4. The lowest BCUT2D eigenvalue weighted by Crippen LogP contribution is -2.13. The molecule has 0 bridgehead atoms. The molecule has 5 heterocycles. The summed E-state index contributed by atoms with van der Waals surface area (Å²) in [5, 5.41) is 10.4. The third kappa shape index (κ3) is 3.48. The van der Waals surface area contributed by atoms with Crippen molar-refractivity contribution in [3.05, 3.63) is 59.8 Å². The van der Waals surface area contributed by atoms with Crippen molar-refractivity contribution in [2.24, 2.45) is 0 Å². The number of aromatic nitrogens is 4. The van der Waals surface area contributed by atoms with E-state index in [1.807, 2.05) is 43.5 Å². The topological polar surface area (TPSA) is 104 Å². The Morgan fingerprint density at radius 1 is 1.12 bits per heavy atom. The van der Waals surface area contributed by atoms with Gasteiger partial charge in [-0.15, -0.1) is 11.3 Å². The van der Waals surface area contributed by atoms with Gasteiger partial charge in [0.25, 0.3) is 5.91 Å². The molecule has 0 unspecified atom stereocenters. The van der Waals surface area contributed by atoms with Crippen LogP contribution in [0.4, 0.5) is 5.13 Å². The molecule has 4 aromatic heterocycles. The first-order chi connectivity index (χ1) is 16.6. The maximum absolute atomic E-state index is 13.4. The molecule has 1 aromatic carbocycles.